The second-order valence-corrected chi connectivity index (χ2v) is 5.70. The number of tetrazole rings is 1. The Balaban J connectivity index is 1.66. The van der Waals surface area contributed by atoms with Gasteiger partial charge in [-0.3, -0.25) is 14.9 Å². The molecule has 0 aliphatic carbocycles. The van der Waals surface area contributed by atoms with Gasteiger partial charge in [-0.25, -0.2) is 4.68 Å². The summed E-state index contributed by atoms with van der Waals surface area (Å²) >= 11 is 0. The van der Waals surface area contributed by atoms with Gasteiger partial charge in [0.05, 0.1) is 21.9 Å². The maximum Gasteiger partial charge on any atom is 0.274 e. The Morgan fingerprint density at radius 1 is 1.26 bits per heavy atom. The number of carbonyl (C=O) groups is 1. The van der Waals surface area contributed by atoms with Gasteiger partial charge in [0.2, 0.25) is 0 Å². The third-order valence-electron chi connectivity index (χ3n) is 3.89. The van der Waals surface area contributed by atoms with Gasteiger partial charge in [-0.05, 0) is 54.6 Å². The van der Waals surface area contributed by atoms with Crippen LogP contribution in [0, 0.1) is 17.0 Å². The normalized spacial score (nSPS) is 11.6. The van der Waals surface area contributed by atoms with Crippen LogP contribution in [0.25, 0.3) is 5.69 Å². The molecule has 1 atom stereocenters. The van der Waals surface area contributed by atoms with Gasteiger partial charge in [-0.15, -0.1) is 5.10 Å². The first-order valence-corrected chi connectivity index (χ1v) is 8.00. The van der Waals surface area contributed by atoms with E-state index in [1.54, 1.807) is 44.2 Å². The number of nitrogens with zero attached hydrogens (tertiary/aromatic N) is 5. The molecule has 1 heterocycles. The van der Waals surface area contributed by atoms with Gasteiger partial charge < -0.3 is 10.1 Å². The topological polar surface area (TPSA) is 125 Å². The van der Waals surface area contributed by atoms with Crippen molar-refractivity contribution in [1.82, 2.24) is 20.2 Å². The Labute approximate surface area is 153 Å². The first kappa shape index (κ1) is 18.0. The Hall–Kier alpha value is -3.82. The molecule has 2 aromatic carbocycles. The maximum atomic E-state index is 12.4. The van der Waals surface area contributed by atoms with Crippen molar-refractivity contribution in [3.63, 3.8) is 0 Å². The van der Waals surface area contributed by atoms with Crippen LogP contribution in [0.3, 0.4) is 0 Å². The SMILES string of the molecule is Cc1c(NC(=O)C(C)Oc2ccc(-n3cnnn3)cc2)cccc1[N+](=O)[O-]. The third kappa shape index (κ3) is 4.06. The lowest BCUT2D eigenvalue weighted by atomic mass is 10.1. The molecule has 0 spiro atoms. The molecule has 0 radical (unpaired) electrons. The van der Waals surface area contributed by atoms with Crippen LogP contribution in [0.1, 0.15) is 12.5 Å². The van der Waals surface area contributed by atoms with E-state index in [1.807, 2.05) is 0 Å². The first-order chi connectivity index (χ1) is 13.0. The summed E-state index contributed by atoms with van der Waals surface area (Å²) in [5, 5.41) is 24.6. The van der Waals surface area contributed by atoms with E-state index >= 15 is 0 Å². The van der Waals surface area contributed by atoms with E-state index in [4.69, 9.17) is 4.74 Å². The van der Waals surface area contributed by atoms with Crippen molar-refractivity contribution in [2.45, 2.75) is 20.0 Å². The lowest BCUT2D eigenvalue weighted by molar-refractivity contribution is -0.385. The number of anilines is 1. The van der Waals surface area contributed by atoms with Crippen molar-refractivity contribution >= 4 is 17.3 Å². The summed E-state index contributed by atoms with van der Waals surface area (Å²) in [4.78, 5) is 22.9. The lowest BCUT2D eigenvalue weighted by Gasteiger charge is -2.16. The minimum absolute atomic E-state index is 0.0560. The Morgan fingerprint density at radius 2 is 2.00 bits per heavy atom. The molecule has 27 heavy (non-hydrogen) atoms. The number of hydrogen-bond acceptors (Lipinski definition) is 7. The molecule has 1 unspecified atom stereocenters. The minimum Gasteiger partial charge on any atom is -0.481 e. The van der Waals surface area contributed by atoms with Crippen LogP contribution < -0.4 is 10.1 Å². The van der Waals surface area contributed by atoms with Crippen molar-refractivity contribution in [3.8, 4) is 11.4 Å². The molecule has 0 saturated carbocycles. The van der Waals surface area contributed by atoms with Crippen molar-refractivity contribution in [3.05, 3.63) is 64.5 Å². The minimum atomic E-state index is -0.803. The maximum absolute atomic E-state index is 12.4. The number of rotatable bonds is 6. The number of benzene rings is 2. The molecule has 0 fully saturated rings. The second kappa shape index (κ2) is 7.60. The second-order valence-electron chi connectivity index (χ2n) is 5.70. The van der Waals surface area contributed by atoms with E-state index in [1.165, 1.54) is 23.1 Å². The van der Waals surface area contributed by atoms with E-state index in [9.17, 15) is 14.9 Å². The van der Waals surface area contributed by atoms with Crippen molar-refractivity contribution < 1.29 is 14.5 Å². The molecule has 1 N–H and O–H groups in total. The zero-order chi connectivity index (χ0) is 19.4. The number of nitro benzene ring substituents is 1. The Kier molecular flexibility index (Phi) is 5.06. The zero-order valence-electron chi connectivity index (χ0n) is 14.6. The van der Waals surface area contributed by atoms with E-state index in [2.05, 4.69) is 20.8 Å². The van der Waals surface area contributed by atoms with E-state index in [0.29, 0.717) is 17.0 Å². The average molecular weight is 368 g/mol. The third-order valence-corrected chi connectivity index (χ3v) is 3.89. The summed E-state index contributed by atoms with van der Waals surface area (Å²) in [5.74, 6) is 0.0772. The monoisotopic (exact) mass is 368 g/mol. The van der Waals surface area contributed by atoms with Crippen molar-refractivity contribution in [1.29, 1.82) is 0 Å². The van der Waals surface area contributed by atoms with E-state index in [-0.39, 0.29) is 5.69 Å². The number of hydrogen-bond donors (Lipinski definition) is 1. The van der Waals surface area contributed by atoms with Crippen LogP contribution in [-0.4, -0.2) is 37.1 Å². The van der Waals surface area contributed by atoms with Crippen LogP contribution in [-0.2, 0) is 4.79 Å². The molecule has 3 rings (SSSR count). The molecule has 1 aromatic heterocycles. The van der Waals surface area contributed by atoms with Gasteiger partial charge in [0.15, 0.2) is 6.10 Å². The fraction of sp³-hybridized carbons (Fsp3) is 0.176. The number of amides is 1. The molecule has 3 aromatic rings. The summed E-state index contributed by atoms with van der Waals surface area (Å²) in [6.45, 7) is 3.17. The number of nitro groups is 1. The fourth-order valence-electron chi connectivity index (χ4n) is 2.41. The van der Waals surface area contributed by atoms with Gasteiger partial charge in [-0.1, -0.05) is 6.07 Å². The summed E-state index contributed by atoms with van der Waals surface area (Å²) < 4.78 is 7.12. The molecule has 0 aliphatic heterocycles. The molecular weight excluding hydrogens is 352 g/mol. The highest BCUT2D eigenvalue weighted by Gasteiger charge is 2.19. The van der Waals surface area contributed by atoms with Gasteiger partial charge in [0, 0.05) is 6.07 Å². The lowest BCUT2D eigenvalue weighted by Crippen LogP contribution is -2.30. The summed E-state index contributed by atoms with van der Waals surface area (Å²) in [6.07, 6.45) is 0.662. The Morgan fingerprint density at radius 3 is 2.63 bits per heavy atom. The standard InChI is InChI=1S/C17H16N6O4/c1-11-15(4-3-5-16(11)23(25)26)19-17(24)12(2)27-14-8-6-13(7-9-14)22-10-18-20-21-22/h3-10,12H,1-2H3,(H,19,24). The quantitative estimate of drug-likeness (QED) is 0.522. The molecule has 10 heteroatoms. The zero-order valence-corrected chi connectivity index (χ0v) is 14.6. The Bertz CT molecular complexity index is 956. The number of nitrogens with one attached hydrogen (secondary N) is 1. The smallest absolute Gasteiger partial charge is 0.274 e. The first-order valence-electron chi connectivity index (χ1n) is 8.00. The van der Waals surface area contributed by atoms with Gasteiger partial charge >= 0.3 is 0 Å². The summed E-state index contributed by atoms with van der Waals surface area (Å²) in [5.41, 5.74) is 1.45. The number of ether oxygens (including phenoxy) is 1. The van der Waals surface area contributed by atoms with Crippen molar-refractivity contribution in [2.24, 2.45) is 0 Å². The predicted molar refractivity (Wildman–Crippen MR) is 95.7 cm³/mol. The number of aromatic nitrogens is 4. The van der Waals surface area contributed by atoms with E-state index in [0.717, 1.165) is 5.69 Å². The molecular formula is C17H16N6O4. The van der Waals surface area contributed by atoms with Crippen LogP contribution in [0.4, 0.5) is 11.4 Å². The highest BCUT2D eigenvalue weighted by atomic mass is 16.6. The molecule has 138 valence electrons. The largest absolute Gasteiger partial charge is 0.481 e. The van der Waals surface area contributed by atoms with Crippen molar-refractivity contribution in [2.75, 3.05) is 5.32 Å². The van der Waals surface area contributed by atoms with Gasteiger partial charge in [0.25, 0.3) is 11.6 Å². The van der Waals surface area contributed by atoms with E-state index < -0.39 is 16.9 Å². The molecule has 10 nitrogen and oxygen atoms in total. The van der Waals surface area contributed by atoms with Gasteiger partial charge in [0.1, 0.15) is 12.1 Å². The number of carbonyl (C=O) groups excluding carboxylic acids is 1. The summed E-state index contributed by atoms with van der Waals surface area (Å²) in [7, 11) is 0. The van der Waals surface area contributed by atoms with Gasteiger partial charge in [-0.2, -0.15) is 0 Å². The highest BCUT2D eigenvalue weighted by Crippen LogP contribution is 2.25. The summed E-state index contributed by atoms with van der Waals surface area (Å²) in [6, 6.07) is 11.4. The van der Waals surface area contributed by atoms with Crippen LogP contribution >= 0.6 is 0 Å². The fourth-order valence-corrected chi connectivity index (χ4v) is 2.41. The van der Waals surface area contributed by atoms with Crippen LogP contribution in [0.5, 0.6) is 5.75 Å². The van der Waals surface area contributed by atoms with Crippen LogP contribution in [0.2, 0.25) is 0 Å². The average Bonchev–Trinajstić information content (AvgIpc) is 3.18. The highest BCUT2D eigenvalue weighted by molar-refractivity contribution is 5.95. The predicted octanol–water partition coefficient (Wildman–Crippen LogP) is 2.28. The molecule has 0 saturated heterocycles. The van der Waals surface area contributed by atoms with Crippen LogP contribution in [0.15, 0.2) is 48.8 Å². The molecule has 1 amide bonds. The molecule has 0 bridgehead atoms. The molecule has 0 aliphatic rings.